The molecule has 0 saturated carbocycles. The maximum atomic E-state index is 11.3. The van der Waals surface area contributed by atoms with Crippen LogP contribution in [-0.4, -0.2) is 33.4 Å². The first-order valence-corrected chi connectivity index (χ1v) is 4.67. The number of aromatic nitrogens is 1. The van der Waals surface area contributed by atoms with Crippen LogP contribution in [0.15, 0.2) is 18.2 Å². The third-order valence-electron chi connectivity index (χ3n) is 2.29. The molecule has 0 amide bonds. The minimum absolute atomic E-state index is 0.0161. The van der Waals surface area contributed by atoms with Crippen LogP contribution in [0.4, 0.5) is 0 Å². The van der Waals surface area contributed by atoms with Gasteiger partial charge in [0.2, 0.25) is 0 Å². The summed E-state index contributed by atoms with van der Waals surface area (Å²) in [4.78, 5) is 15.1. The Hall–Kier alpha value is -2.50. The fourth-order valence-electron chi connectivity index (χ4n) is 1.50. The molecule has 3 N–H and O–H groups in total. The van der Waals surface area contributed by atoms with Gasteiger partial charge >= 0.3 is 5.97 Å². The average molecular weight is 235 g/mol. The van der Waals surface area contributed by atoms with Crippen molar-refractivity contribution in [2.24, 2.45) is 0 Å². The number of methoxy groups -OCH3 is 1. The molecule has 0 aliphatic carbocycles. The molecular weight excluding hydrogens is 226 g/mol. The van der Waals surface area contributed by atoms with Crippen molar-refractivity contribution in [3.63, 3.8) is 0 Å². The fourth-order valence-corrected chi connectivity index (χ4v) is 1.50. The summed E-state index contributed by atoms with van der Waals surface area (Å²) in [7, 11) is 1.17. The Bertz CT molecular complexity index is 608. The average Bonchev–Trinajstić information content (AvgIpc) is 2.32. The molecule has 0 fully saturated rings. The molecule has 1 aromatic carbocycles. The SMILES string of the molecule is COC(=O)c1cc(O)c2c(O)ccc(O)c2n1. The van der Waals surface area contributed by atoms with Crippen molar-refractivity contribution in [3.05, 3.63) is 23.9 Å². The van der Waals surface area contributed by atoms with Crippen LogP contribution in [-0.2, 0) is 4.74 Å². The summed E-state index contributed by atoms with van der Waals surface area (Å²) in [6.45, 7) is 0. The summed E-state index contributed by atoms with van der Waals surface area (Å²) in [5.74, 6) is -1.59. The summed E-state index contributed by atoms with van der Waals surface area (Å²) in [5.41, 5.74) is -0.219. The summed E-state index contributed by atoms with van der Waals surface area (Å²) >= 11 is 0. The van der Waals surface area contributed by atoms with Crippen LogP contribution in [0.3, 0.4) is 0 Å². The lowest BCUT2D eigenvalue weighted by molar-refractivity contribution is 0.0594. The quantitative estimate of drug-likeness (QED) is 0.506. The number of esters is 1. The maximum absolute atomic E-state index is 11.3. The minimum atomic E-state index is -0.745. The van der Waals surface area contributed by atoms with E-state index in [-0.39, 0.29) is 33.8 Å². The Labute approximate surface area is 95.7 Å². The van der Waals surface area contributed by atoms with E-state index in [2.05, 4.69) is 9.72 Å². The molecule has 0 aliphatic rings. The molecule has 0 atom stereocenters. The lowest BCUT2D eigenvalue weighted by Gasteiger charge is -2.07. The second-order valence-corrected chi connectivity index (χ2v) is 3.35. The van der Waals surface area contributed by atoms with E-state index in [1.54, 1.807) is 0 Å². The number of carbonyl (C=O) groups excluding carboxylic acids is 1. The zero-order chi connectivity index (χ0) is 12.6. The van der Waals surface area contributed by atoms with E-state index in [4.69, 9.17) is 0 Å². The van der Waals surface area contributed by atoms with Crippen LogP contribution < -0.4 is 0 Å². The number of benzene rings is 1. The van der Waals surface area contributed by atoms with Crippen LogP contribution in [0.2, 0.25) is 0 Å². The maximum Gasteiger partial charge on any atom is 0.356 e. The van der Waals surface area contributed by atoms with Crippen LogP contribution in [0, 0.1) is 0 Å². The third kappa shape index (κ3) is 1.69. The number of ether oxygens (including phenoxy) is 1. The molecule has 0 unspecified atom stereocenters. The van der Waals surface area contributed by atoms with E-state index in [9.17, 15) is 20.1 Å². The third-order valence-corrected chi connectivity index (χ3v) is 2.29. The smallest absolute Gasteiger partial charge is 0.356 e. The molecule has 0 spiro atoms. The number of pyridine rings is 1. The molecule has 1 aromatic heterocycles. The van der Waals surface area contributed by atoms with E-state index in [0.29, 0.717) is 0 Å². The molecule has 0 aliphatic heterocycles. The Kier molecular flexibility index (Phi) is 2.47. The van der Waals surface area contributed by atoms with Crippen molar-refractivity contribution in [1.82, 2.24) is 4.98 Å². The van der Waals surface area contributed by atoms with Crippen molar-refractivity contribution in [2.45, 2.75) is 0 Å². The number of fused-ring (bicyclic) bond motifs is 1. The molecule has 0 radical (unpaired) electrons. The summed E-state index contributed by atoms with van der Waals surface area (Å²) in [5, 5.41) is 28.8. The number of phenols is 2. The fraction of sp³-hybridized carbons (Fsp3) is 0.0909. The van der Waals surface area contributed by atoms with Gasteiger partial charge in [-0.2, -0.15) is 0 Å². The summed E-state index contributed by atoms with van der Waals surface area (Å²) < 4.78 is 4.45. The van der Waals surface area contributed by atoms with Crippen LogP contribution in [0.1, 0.15) is 10.5 Å². The number of hydrogen-bond acceptors (Lipinski definition) is 6. The van der Waals surface area contributed by atoms with Gasteiger partial charge in [-0.25, -0.2) is 9.78 Å². The number of rotatable bonds is 1. The first-order valence-electron chi connectivity index (χ1n) is 4.67. The zero-order valence-electron chi connectivity index (χ0n) is 8.84. The number of hydrogen-bond donors (Lipinski definition) is 3. The Balaban J connectivity index is 2.82. The van der Waals surface area contributed by atoms with E-state index in [1.165, 1.54) is 19.2 Å². The highest BCUT2D eigenvalue weighted by atomic mass is 16.5. The van der Waals surface area contributed by atoms with Crippen LogP contribution >= 0.6 is 0 Å². The van der Waals surface area contributed by atoms with Gasteiger partial charge in [-0.1, -0.05) is 0 Å². The standard InChI is InChI=1S/C11H9NO5/c1-17-11(16)5-4-8(15)9-6(13)2-3-7(14)10(9)12-5/h2-4,13-14H,1H3,(H,12,15). The second kappa shape index (κ2) is 3.82. The number of nitrogens with zero attached hydrogens (tertiary/aromatic N) is 1. The van der Waals surface area contributed by atoms with E-state index in [1.807, 2.05) is 0 Å². The van der Waals surface area contributed by atoms with E-state index < -0.39 is 5.97 Å². The van der Waals surface area contributed by atoms with Crippen molar-refractivity contribution >= 4 is 16.9 Å². The number of aromatic hydroxyl groups is 3. The summed E-state index contributed by atoms with van der Waals surface area (Å²) in [6.07, 6.45) is 0. The molecule has 1 heterocycles. The highest BCUT2D eigenvalue weighted by Gasteiger charge is 2.16. The van der Waals surface area contributed by atoms with E-state index >= 15 is 0 Å². The minimum Gasteiger partial charge on any atom is -0.507 e. The predicted molar refractivity (Wildman–Crippen MR) is 58.1 cm³/mol. The molecule has 2 rings (SSSR count). The highest BCUT2D eigenvalue weighted by Crippen LogP contribution is 2.36. The van der Waals surface area contributed by atoms with Crippen molar-refractivity contribution in [3.8, 4) is 17.2 Å². The van der Waals surface area contributed by atoms with Crippen LogP contribution in [0.5, 0.6) is 17.2 Å². The number of phenolic OH excluding ortho intramolecular Hbond substituents is 2. The van der Waals surface area contributed by atoms with E-state index in [0.717, 1.165) is 6.07 Å². The lowest BCUT2D eigenvalue weighted by Crippen LogP contribution is -2.04. The molecule has 6 nitrogen and oxygen atoms in total. The van der Waals surface area contributed by atoms with Gasteiger partial charge in [0, 0.05) is 6.07 Å². The predicted octanol–water partition coefficient (Wildman–Crippen LogP) is 1.14. The molecule has 2 aromatic rings. The van der Waals surface area contributed by atoms with Crippen LogP contribution in [0.25, 0.3) is 10.9 Å². The van der Waals surface area contributed by atoms with Gasteiger partial charge in [0.15, 0.2) is 5.69 Å². The van der Waals surface area contributed by atoms with Gasteiger partial charge in [-0.3, -0.25) is 0 Å². The molecule has 17 heavy (non-hydrogen) atoms. The normalized spacial score (nSPS) is 10.4. The topological polar surface area (TPSA) is 99.9 Å². The van der Waals surface area contributed by atoms with Crippen molar-refractivity contribution < 1.29 is 24.9 Å². The largest absolute Gasteiger partial charge is 0.507 e. The van der Waals surface area contributed by atoms with Gasteiger partial charge in [0.1, 0.15) is 22.8 Å². The molecule has 88 valence electrons. The van der Waals surface area contributed by atoms with Gasteiger partial charge in [-0.15, -0.1) is 0 Å². The summed E-state index contributed by atoms with van der Waals surface area (Å²) in [6, 6.07) is 3.50. The van der Waals surface area contributed by atoms with Gasteiger partial charge < -0.3 is 20.1 Å². The Morgan fingerprint density at radius 3 is 2.47 bits per heavy atom. The molecule has 0 saturated heterocycles. The van der Waals surface area contributed by atoms with Crippen molar-refractivity contribution in [2.75, 3.05) is 7.11 Å². The second-order valence-electron chi connectivity index (χ2n) is 3.35. The highest BCUT2D eigenvalue weighted by molar-refractivity contribution is 5.98. The lowest BCUT2D eigenvalue weighted by atomic mass is 10.1. The van der Waals surface area contributed by atoms with Gasteiger partial charge in [-0.05, 0) is 12.1 Å². The molecule has 6 heteroatoms. The molecular formula is C11H9NO5. The first-order chi connectivity index (χ1) is 8.04. The first kappa shape index (κ1) is 11.0. The van der Waals surface area contributed by atoms with Crippen molar-refractivity contribution in [1.29, 1.82) is 0 Å². The Morgan fingerprint density at radius 1 is 1.18 bits per heavy atom. The number of carbonyl (C=O) groups is 1. The zero-order valence-corrected chi connectivity index (χ0v) is 8.84. The monoisotopic (exact) mass is 235 g/mol. The molecule has 0 bridgehead atoms. The van der Waals surface area contributed by atoms with Gasteiger partial charge in [0.25, 0.3) is 0 Å². The Morgan fingerprint density at radius 2 is 1.82 bits per heavy atom. The van der Waals surface area contributed by atoms with Gasteiger partial charge in [0.05, 0.1) is 12.5 Å².